The second-order valence-corrected chi connectivity index (χ2v) is 19.7. The summed E-state index contributed by atoms with van der Waals surface area (Å²) >= 11 is 0. The third kappa shape index (κ3) is 9.01. The number of para-hydroxylation sites is 2. The number of benzene rings is 8. The van der Waals surface area contributed by atoms with Gasteiger partial charge in [-0.15, -0.1) is 0 Å². The van der Waals surface area contributed by atoms with Crippen LogP contribution in [0.15, 0.2) is 215 Å². The fraction of sp³-hybridized carbons (Fsp3) is 0.0196. The van der Waals surface area contributed by atoms with Crippen LogP contribution in [-0.2, 0) is 9.13 Å². The second kappa shape index (κ2) is 19.6. The summed E-state index contributed by atoms with van der Waals surface area (Å²) in [6.45, 7) is 0. The first kappa shape index (κ1) is 46.3. The summed E-state index contributed by atoms with van der Waals surface area (Å²) in [6.07, 6.45) is -5.29. The van der Waals surface area contributed by atoms with Gasteiger partial charge >= 0.3 is 11.8 Å². The molecule has 1 aromatic heterocycles. The molecule has 319 valence electrons. The van der Waals surface area contributed by atoms with Crippen LogP contribution in [-0.4, -0.2) is 17.1 Å². The van der Waals surface area contributed by atoms with Crippen molar-refractivity contribution in [1.82, 2.24) is 0 Å². The smallest absolute Gasteiger partial charge is 0.455 e. The first-order valence-electron chi connectivity index (χ1n) is 19.5. The quantitative estimate of drug-likeness (QED) is 0.0664. The van der Waals surface area contributed by atoms with Crippen LogP contribution >= 0.6 is 14.3 Å². The Morgan fingerprint density at radius 3 is 1.31 bits per heavy atom. The van der Waals surface area contributed by atoms with Gasteiger partial charge in [0.15, 0.2) is 19.8 Å². The number of ketones is 1. The molecule has 0 atom stereocenters. The summed E-state index contributed by atoms with van der Waals surface area (Å²) in [5, 5.41) is 15.0. The van der Waals surface area contributed by atoms with E-state index in [1.807, 2.05) is 170 Å². The molecule has 9 aromatic rings. The molecule has 7 nitrogen and oxygen atoms in total. The zero-order valence-corrected chi connectivity index (χ0v) is 37.6. The van der Waals surface area contributed by atoms with Crippen molar-refractivity contribution < 1.29 is 90.7 Å². The molecule has 1 N–H and O–H groups in total. The van der Waals surface area contributed by atoms with E-state index in [0.717, 1.165) is 21.2 Å². The van der Waals surface area contributed by atoms with E-state index in [-0.39, 0.29) is 60.3 Å². The van der Waals surface area contributed by atoms with E-state index in [9.17, 15) is 27.9 Å². The predicted molar refractivity (Wildman–Crippen MR) is 244 cm³/mol. The number of aromatic hydroxyl groups is 1. The monoisotopic (exact) mass is 1030 g/mol. The summed E-state index contributed by atoms with van der Waals surface area (Å²) in [5.74, 6) is -2.54. The van der Waals surface area contributed by atoms with Crippen molar-refractivity contribution in [3.8, 4) is 17.2 Å². The molecule has 0 saturated carbocycles. The Balaban J connectivity index is 0.000000225. The summed E-state index contributed by atoms with van der Waals surface area (Å²) in [7, 11) is -6.63. The number of halogens is 3. The second-order valence-electron chi connectivity index (χ2n) is 14.2. The minimum atomic E-state index is -5.29. The zero-order valence-electron chi connectivity index (χ0n) is 33.4. The van der Waals surface area contributed by atoms with Gasteiger partial charge in [0, 0.05) is 70.6 Å². The molecule has 0 bridgehead atoms. The number of hydrogen-bond acceptors (Lipinski definition) is 7. The van der Waals surface area contributed by atoms with Crippen molar-refractivity contribution in [3.05, 3.63) is 222 Å². The standard InChI is InChI=1S/C36H28O3P2.C15H7F3O4.Eu/c37-40(29-17-5-1-6-18-29,30-19-7-2-8-20-30)35-27-15-13-25-33(35)39-34-26-14-16-28-36(34)41(38,31-21-9-3-10-22-31)32-23-11-4-12-24-32;16-15(17,18)13(20)11-12(19)10-8-4-2-1-3-7(8)5-6-9(10)22-14(11)21;/h1-28H;1-6,19H;. The van der Waals surface area contributed by atoms with Crippen LogP contribution in [0, 0.1) is 49.4 Å². The maximum Gasteiger partial charge on any atom is 0.455 e. The van der Waals surface area contributed by atoms with Crippen LogP contribution in [0.5, 0.6) is 17.2 Å². The van der Waals surface area contributed by atoms with Gasteiger partial charge in [-0.25, -0.2) is 4.79 Å². The van der Waals surface area contributed by atoms with E-state index in [1.54, 1.807) is 30.3 Å². The van der Waals surface area contributed by atoms with Crippen LogP contribution in [0.2, 0.25) is 0 Å². The van der Waals surface area contributed by atoms with Gasteiger partial charge in [0.1, 0.15) is 22.8 Å². The van der Waals surface area contributed by atoms with Gasteiger partial charge < -0.3 is 23.4 Å². The number of fused-ring (bicyclic) bond motifs is 3. The Hall–Kier alpha value is -5.67. The first-order valence-corrected chi connectivity index (χ1v) is 22.9. The molecule has 0 spiro atoms. The molecule has 0 aliphatic rings. The summed E-state index contributed by atoms with van der Waals surface area (Å²) in [5.41, 5.74) is -3.03. The number of Topliss-reactive ketones (excluding diaryl/α,β-unsaturated/α-hetero) is 1. The van der Waals surface area contributed by atoms with Crippen molar-refractivity contribution >= 4 is 73.6 Å². The minimum absolute atomic E-state index is 0. The maximum atomic E-state index is 15.2. The van der Waals surface area contributed by atoms with Gasteiger partial charge in [0.2, 0.25) is 0 Å². The number of alkyl halides is 3. The minimum Gasteiger partial charge on any atom is -0.506 e. The fourth-order valence-corrected chi connectivity index (χ4v) is 13.0. The molecule has 0 unspecified atom stereocenters. The third-order valence-electron chi connectivity index (χ3n) is 10.4. The van der Waals surface area contributed by atoms with E-state index >= 15 is 9.13 Å². The molecule has 1 heterocycles. The Morgan fingerprint density at radius 2 is 0.891 bits per heavy atom. The Morgan fingerprint density at radius 1 is 0.516 bits per heavy atom. The molecular formula is C51H35EuF3O7P2. The number of carbonyl (C=O) groups is 1. The Bertz CT molecular complexity index is 3030. The Kier molecular flexibility index (Phi) is 14.2. The number of carbonyl (C=O) groups excluding carboxylic acids is 1. The largest absolute Gasteiger partial charge is 0.506 e. The number of ether oxygens (including phenoxy) is 1. The van der Waals surface area contributed by atoms with Crippen LogP contribution in [0.25, 0.3) is 21.7 Å². The molecular weight excluding hydrogens is 995 g/mol. The van der Waals surface area contributed by atoms with Crippen molar-refractivity contribution in [3.63, 3.8) is 0 Å². The summed E-state index contributed by atoms with van der Waals surface area (Å²) in [6, 6.07) is 62.5. The van der Waals surface area contributed by atoms with E-state index in [4.69, 9.17) is 9.15 Å². The predicted octanol–water partition coefficient (Wildman–Crippen LogP) is 10.2. The van der Waals surface area contributed by atoms with E-state index in [0.29, 0.717) is 32.9 Å². The van der Waals surface area contributed by atoms with E-state index < -0.39 is 43.2 Å². The van der Waals surface area contributed by atoms with Crippen molar-refractivity contribution in [2.45, 2.75) is 6.18 Å². The SMILES string of the molecule is O=C(c1c(O)c2c(ccc3ccccc32)oc1=O)C(F)(F)F.O=P(c1ccccc1)(c1ccccc1)c1ccccc1Oc1ccccc1P(=O)(c1ccccc1)c1ccccc1.[Eu]. The zero-order chi connectivity index (χ0) is 44.2. The van der Waals surface area contributed by atoms with E-state index in [1.165, 1.54) is 6.07 Å². The molecule has 0 amide bonds. The molecule has 0 fully saturated rings. The first-order chi connectivity index (χ1) is 30.4. The van der Waals surface area contributed by atoms with Crippen LogP contribution < -0.4 is 42.2 Å². The third-order valence-corrected chi connectivity index (χ3v) is 16.6. The van der Waals surface area contributed by atoms with Gasteiger partial charge in [-0.3, -0.25) is 4.79 Å². The molecule has 9 rings (SSSR count). The number of hydrogen-bond donors (Lipinski definition) is 1. The van der Waals surface area contributed by atoms with Gasteiger partial charge in [-0.2, -0.15) is 13.2 Å². The molecule has 0 aliphatic carbocycles. The van der Waals surface area contributed by atoms with Crippen LogP contribution in [0.4, 0.5) is 13.2 Å². The fourth-order valence-electron chi connectivity index (χ4n) is 7.43. The molecule has 1 radical (unpaired) electrons. The molecule has 8 aromatic carbocycles. The molecule has 0 aliphatic heterocycles. The molecule has 64 heavy (non-hydrogen) atoms. The van der Waals surface area contributed by atoms with Crippen molar-refractivity contribution in [2.75, 3.05) is 0 Å². The van der Waals surface area contributed by atoms with Crippen molar-refractivity contribution in [2.24, 2.45) is 0 Å². The average Bonchev–Trinajstić information content (AvgIpc) is 3.32. The van der Waals surface area contributed by atoms with Gasteiger partial charge in [0.25, 0.3) is 5.78 Å². The summed E-state index contributed by atoms with van der Waals surface area (Å²) in [4.78, 5) is 23.0. The van der Waals surface area contributed by atoms with E-state index in [2.05, 4.69) is 0 Å². The molecule has 13 heteroatoms. The molecule has 0 saturated heterocycles. The van der Waals surface area contributed by atoms with Gasteiger partial charge in [-0.1, -0.05) is 176 Å². The maximum absolute atomic E-state index is 15.2. The Labute approximate surface area is 406 Å². The van der Waals surface area contributed by atoms with Gasteiger partial charge in [0.05, 0.1) is 16.0 Å². The van der Waals surface area contributed by atoms with Crippen molar-refractivity contribution in [1.29, 1.82) is 0 Å². The van der Waals surface area contributed by atoms with Gasteiger partial charge in [-0.05, 0) is 41.1 Å². The average molecular weight is 1030 g/mol. The van der Waals surface area contributed by atoms with Crippen LogP contribution in [0.1, 0.15) is 10.4 Å². The number of rotatable bonds is 9. The summed E-state index contributed by atoms with van der Waals surface area (Å²) < 4.78 is 79.6. The normalized spacial score (nSPS) is 11.5. The topological polar surface area (TPSA) is 111 Å². The van der Waals surface area contributed by atoms with Crippen LogP contribution in [0.3, 0.4) is 0 Å².